The van der Waals surface area contributed by atoms with Crippen LogP contribution in [-0.2, 0) is 10.8 Å². The molecule has 1 N–H and O–H groups in total. The normalized spacial score (nSPS) is 28.2. The van der Waals surface area contributed by atoms with Crippen LogP contribution in [0.5, 0.6) is 0 Å². The molecule has 3 atom stereocenters. The molecule has 102 valence electrons. The van der Waals surface area contributed by atoms with E-state index in [9.17, 15) is 4.21 Å². The topological polar surface area (TPSA) is 32.3 Å². The molecular formula is C13H28N2OS. The Morgan fingerprint density at radius 1 is 1.35 bits per heavy atom. The third-order valence-corrected chi connectivity index (χ3v) is 4.93. The standard InChI is InChI=1S/C13H28N2OS/c1-4-7-12-11-15(8-9-17(16)6-3)13(5-2)10-14-12/h12-14H,4-11H2,1-3H3. The van der Waals surface area contributed by atoms with Gasteiger partial charge in [-0.05, 0) is 12.8 Å². The molecule has 0 radical (unpaired) electrons. The highest BCUT2D eigenvalue weighted by atomic mass is 32.2. The number of hydrogen-bond donors (Lipinski definition) is 1. The van der Waals surface area contributed by atoms with Crippen LogP contribution in [0.15, 0.2) is 0 Å². The minimum Gasteiger partial charge on any atom is -0.311 e. The third-order valence-electron chi connectivity index (χ3n) is 3.65. The Morgan fingerprint density at radius 3 is 2.71 bits per heavy atom. The minimum atomic E-state index is -0.623. The van der Waals surface area contributed by atoms with Crippen molar-refractivity contribution >= 4 is 10.8 Å². The molecular weight excluding hydrogens is 232 g/mol. The Hall–Kier alpha value is 0.0700. The van der Waals surface area contributed by atoms with Crippen molar-refractivity contribution in [3.63, 3.8) is 0 Å². The maximum atomic E-state index is 11.5. The molecule has 17 heavy (non-hydrogen) atoms. The highest BCUT2D eigenvalue weighted by Gasteiger charge is 2.25. The van der Waals surface area contributed by atoms with Crippen LogP contribution in [0.3, 0.4) is 0 Å². The highest BCUT2D eigenvalue weighted by Crippen LogP contribution is 2.13. The maximum Gasteiger partial charge on any atom is 0.0362 e. The Labute approximate surface area is 109 Å². The van der Waals surface area contributed by atoms with E-state index in [1.165, 1.54) is 19.3 Å². The van der Waals surface area contributed by atoms with Crippen molar-refractivity contribution in [2.75, 3.05) is 31.1 Å². The first-order chi connectivity index (χ1) is 8.21. The van der Waals surface area contributed by atoms with E-state index in [-0.39, 0.29) is 0 Å². The fourth-order valence-electron chi connectivity index (χ4n) is 2.51. The molecule has 1 aliphatic heterocycles. The molecule has 1 fully saturated rings. The minimum absolute atomic E-state index is 0.623. The van der Waals surface area contributed by atoms with Crippen molar-refractivity contribution in [3.05, 3.63) is 0 Å². The van der Waals surface area contributed by atoms with Crippen molar-refractivity contribution in [3.8, 4) is 0 Å². The first kappa shape index (κ1) is 15.1. The van der Waals surface area contributed by atoms with E-state index in [2.05, 4.69) is 24.1 Å². The van der Waals surface area contributed by atoms with Crippen LogP contribution < -0.4 is 5.32 Å². The fraction of sp³-hybridized carbons (Fsp3) is 1.00. The zero-order valence-corrected chi connectivity index (χ0v) is 12.4. The largest absolute Gasteiger partial charge is 0.311 e. The molecule has 0 aromatic rings. The zero-order chi connectivity index (χ0) is 12.7. The SMILES string of the molecule is CCCC1CN(CCS(=O)CC)C(CC)CN1. The molecule has 1 aliphatic rings. The molecule has 1 rings (SSSR count). The molecule has 0 aromatic carbocycles. The lowest BCUT2D eigenvalue weighted by molar-refractivity contribution is 0.131. The van der Waals surface area contributed by atoms with Crippen LogP contribution in [0, 0.1) is 0 Å². The van der Waals surface area contributed by atoms with Crippen LogP contribution in [0.4, 0.5) is 0 Å². The summed E-state index contributed by atoms with van der Waals surface area (Å²) in [5.74, 6) is 1.63. The van der Waals surface area contributed by atoms with Gasteiger partial charge in [0.25, 0.3) is 0 Å². The van der Waals surface area contributed by atoms with Crippen molar-refractivity contribution < 1.29 is 4.21 Å². The molecule has 3 unspecified atom stereocenters. The van der Waals surface area contributed by atoms with Gasteiger partial charge in [0.2, 0.25) is 0 Å². The molecule has 3 nitrogen and oxygen atoms in total. The van der Waals surface area contributed by atoms with Gasteiger partial charge in [0.1, 0.15) is 0 Å². The van der Waals surface area contributed by atoms with Crippen molar-refractivity contribution in [2.24, 2.45) is 0 Å². The number of piperazine rings is 1. The van der Waals surface area contributed by atoms with Crippen molar-refractivity contribution in [2.45, 2.75) is 52.1 Å². The third kappa shape index (κ3) is 5.06. The molecule has 0 aromatic heterocycles. The smallest absolute Gasteiger partial charge is 0.0362 e. The molecule has 0 amide bonds. The lowest BCUT2D eigenvalue weighted by Gasteiger charge is -2.40. The molecule has 0 aliphatic carbocycles. The van der Waals surface area contributed by atoms with E-state index < -0.39 is 10.8 Å². The fourth-order valence-corrected chi connectivity index (χ4v) is 3.24. The summed E-state index contributed by atoms with van der Waals surface area (Å²) in [6, 6.07) is 1.27. The summed E-state index contributed by atoms with van der Waals surface area (Å²) in [7, 11) is -0.623. The average molecular weight is 260 g/mol. The van der Waals surface area contributed by atoms with Crippen LogP contribution in [0.2, 0.25) is 0 Å². The Balaban J connectivity index is 2.42. The number of nitrogens with zero attached hydrogens (tertiary/aromatic N) is 1. The van der Waals surface area contributed by atoms with Gasteiger partial charge in [0, 0.05) is 54.0 Å². The molecule has 0 spiro atoms. The average Bonchev–Trinajstić information content (AvgIpc) is 2.36. The summed E-state index contributed by atoms with van der Waals surface area (Å²) in [5.41, 5.74) is 0. The second-order valence-electron chi connectivity index (χ2n) is 4.88. The van der Waals surface area contributed by atoms with Gasteiger partial charge in [-0.1, -0.05) is 27.2 Å². The molecule has 1 saturated heterocycles. The molecule has 0 saturated carbocycles. The van der Waals surface area contributed by atoms with Gasteiger partial charge in [0.05, 0.1) is 0 Å². The lowest BCUT2D eigenvalue weighted by Crippen LogP contribution is -2.56. The van der Waals surface area contributed by atoms with Crippen LogP contribution in [0.1, 0.15) is 40.0 Å². The summed E-state index contributed by atoms with van der Waals surface area (Å²) in [4.78, 5) is 2.55. The van der Waals surface area contributed by atoms with Crippen LogP contribution in [0.25, 0.3) is 0 Å². The highest BCUT2D eigenvalue weighted by molar-refractivity contribution is 7.84. The summed E-state index contributed by atoms with van der Waals surface area (Å²) in [6.07, 6.45) is 3.68. The van der Waals surface area contributed by atoms with E-state index in [1.807, 2.05) is 6.92 Å². The number of rotatable bonds is 7. The van der Waals surface area contributed by atoms with Gasteiger partial charge in [-0.15, -0.1) is 0 Å². The second-order valence-corrected chi connectivity index (χ2v) is 6.75. The Morgan fingerprint density at radius 2 is 2.12 bits per heavy atom. The van der Waals surface area contributed by atoms with E-state index >= 15 is 0 Å². The molecule has 4 heteroatoms. The molecule has 1 heterocycles. The van der Waals surface area contributed by atoms with Gasteiger partial charge in [-0.3, -0.25) is 9.11 Å². The predicted octanol–water partition coefficient (Wildman–Crippen LogP) is 1.61. The van der Waals surface area contributed by atoms with Crippen molar-refractivity contribution in [1.82, 2.24) is 10.2 Å². The summed E-state index contributed by atoms with van der Waals surface area (Å²) >= 11 is 0. The van der Waals surface area contributed by atoms with Gasteiger partial charge in [-0.2, -0.15) is 0 Å². The summed E-state index contributed by atoms with van der Waals surface area (Å²) < 4.78 is 11.5. The Bertz CT molecular complexity index is 235. The monoisotopic (exact) mass is 260 g/mol. The van der Waals surface area contributed by atoms with E-state index in [4.69, 9.17) is 0 Å². The van der Waals surface area contributed by atoms with Crippen LogP contribution in [-0.4, -0.2) is 52.3 Å². The summed E-state index contributed by atoms with van der Waals surface area (Å²) in [6.45, 7) is 9.72. The van der Waals surface area contributed by atoms with E-state index in [0.717, 1.165) is 31.1 Å². The van der Waals surface area contributed by atoms with E-state index in [0.29, 0.717) is 12.1 Å². The first-order valence-electron chi connectivity index (χ1n) is 7.03. The molecule has 0 bridgehead atoms. The predicted molar refractivity (Wildman–Crippen MR) is 75.9 cm³/mol. The van der Waals surface area contributed by atoms with Gasteiger partial charge in [0.15, 0.2) is 0 Å². The number of hydrogen-bond acceptors (Lipinski definition) is 3. The maximum absolute atomic E-state index is 11.5. The Kier molecular flexibility index (Phi) is 7.32. The second kappa shape index (κ2) is 8.22. The lowest BCUT2D eigenvalue weighted by atomic mass is 10.0. The number of nitrogens with one attached hydrogen (secondary N) is 1. The summed E-state index contributed by atoms with van der Waals surface area (Å²) in [5, 5.41) is 3.64. The quantitative estimate of drug-likeness (QED) is 0.755. The van der Waals surface area contributed by atoms with Crippen molar-refractivity contribution in [1.29, 1.82) is 0 Å². The zero-order valence-electron chi connectivity index (χ0n) is 11.6. The van der Waals surface area contributed by atoms with E-state index in [1.54, 1.807) is 0 Å². The van der Waals surface area contributed by atoms with Gasteiger partial charge < -0.3 is 5.32 Å². The first-order valence-corrected chi connectivity index (χ1v) is 8.52. The van der Waals surface area contributed by atoms with Crippen LogP contribution >= 0.6 is 0 Å². The van der Waals surface area contributed by atoms with Gasteiger partial charge in [-0.25, -0.2) is 0 Å². The van der Waals surface area contributed by atoms with Gasteiger partial charge >= 0.3 is 0 Å².